The van der Waals surface area contributed by atoms with Crippen molar-refractivity contribution in [3.8, 4) is 5.75 Å². The molecule has 0 radical (unpaired) electrons. The first-order valence-corrected chi connectivity index (χ1v) is 12.4. The van der Waals surface area contributed by atoms with E-state index in [1.54, 1.807) is 0 Å². The van der Waals surface area contributed by atoms with E-state index < -0.39 is 0 Å². The molecule has 5 nitrogen and oxygen atoms in total. The Morgan fingerprint density at radius 1 is 1.12 bits per heavy atom. The number of benzene rings is 2. The summed E-state index contributed by atoms with van der Waals surface area (Å²) in [5, 5.41) is 5.71. The van der Waals surface area contributed by atoms with Crippen LogP contribution < -0.4 is 10.1 Å². The number of nitrogens with zero attached hydrogens (tertiary/aromatic N) is 2. The van der Waals surface area contributed by atoms with Gasteiger partial charge in [-0.25, -0.2) is 4.98 Å². The van der Waals surface area contributed by atoms with Gasteiger partial charge in [-0.3, -0.25) is 4.79 Å². The predicted octanol–water partition coefficient (Wildman–Crippen LogP) is 6.20. The SMILES string of the molecule is Cc1cc(OCCCCn2c(CCNC(=O)c3cccs3)nc3ccccc32)cc(C)c1Cl. The van der Waals surface area contributed by atoms with Crippen molar-refractivity contribution in [1.82, 2.24) is 14.9 Å². The lowest BCUT2D eigenvalue weighted by molar-refractivity contribution is 0.0958. The maximum Gasteiger partial charge on any atom is 0.261 e. The molecule has 172 valence electrons. The van der Waals surface area contributed by atoms with Crippen molar-refractivity contribution in [2.45, 2.75) is 39.7 Å². The van der Waals surface area contributed by atoms with Gasteiger partial charge in [0.05, 0.1) is 22.5 Å². The average molecular weight is 482 g/mol. The number of carbonyl (C=O) groups excluding carboxylic acids is 1. The monoisotopic (exact) mass is 481 g/mol. The summed E-state index contributed by atoms with van der Waals surface area (Å²) in [5.74, 6) is 1.83. The van der Waals surface area contributed by atoms with Gasteiger partial charge in [0.15, 0.2) is 0 Å². The highest BCUT2D eigenvalue weighted by atomic mass is 35.5. The van der Waals surface area contributed by atoms with Crippen LogP contribution in [-0.2, 0) is 13.0 Å². The van der Waals surface area contributed by atoms with Crippen LogP contribution in [0.4, 0.5) is 0 Å². The number of hydrogen-bond donors (Lipinski definition) is 1. The molecule has 33 heavy (non-hydrogen) atoms. The molecule has 2 heterocycles. The smallest absolute Gasteiger partial charge is 0.261 e. The Morgan fingerprint density at radius 2 is 1.91 bits per heavy atom. The fourth-order valence-corrected chi connectivity index (χ4v) is 4.65. The zero-order valence-corrected chi connectivity index (χ0v) is 20.5. The molecule has 1 N–H and O–H groups in total. The molecule has 2 aromatic carbocycles. The molecule has 0 atom stereocenters. The lowest BCUT2D eigenvalue weighted by atomic mass is 10.1. The molecule has 0 aliphatic heterocycles. The van der Waals surface area contributed by atoms with E-state index in [0.29, 0.717) is 19.6 Å². The summed E-state index contributed by atoms with van der Waals surface area (Å²) in [4.78, 5) is 17.8. The number of amides is 1. The molecule has 2 aromatic heterocycles. The minimum absolute atomic E-state index is 0.0301. The minimum atomic E-state index is -0.0301. The Bertz CT molecular complexity index is 1210. The lowest BCUT2D eigenvalue weighted by Crippen LogP contribution is -2.25. The van der Waals surface area contributed by atoms with Crippen molar-refractivity contribution in [1.29, 1.82) is 0 Å². The number of thiophene rings is 1. The van der Waals surface area contributed by atoms with Gasteiger partial charge in [0.2, 0.25) is 0 Å². The third kappa shape index (κ3) is 5.75. The van der Waals surface area contributed by atoms with E-state index in [-0.39, 0.29) is 5.91 Å². The van der Waals surface area contributed by atoms with E-state index in [2.05, 4.69) is 16.0 Å². The van der Waals surface area contributed by atoms with Crippen LogP contribution in [0.5, 0.6) is 5.75 Å². The van der Waals surface area contributed by atoms with Crippen molar-refractivity contribution >= 4 is 39.9 Å². The number of nitrogens with one attached hydrogen (secondary N) is 1. The van der Waals surface area contributed by atoms with Crippen LogP contribution in [0, 0.1) is 13.8 Å². The van der Waals surface area contributed by atoms with Crippen molar-refractivity contribution in [2.24, 2.45) is 0 Å². The molecular weight excluding hydrogens is 454 g/mol. The number of ether oxygens (including phenoxy) is 1. The summed E-state index contributed by atoms with van der Waals surface area (Å²) in [6.45, 7) is 6.06. The van der Waals surface area contributed by atoms with E-state index in [1.807, 2.05) is 61.7 Å². The van der Waals surface area contributed by atoms with Gasteiger partial charge < -0.3 is 14.6 Å². The molecule has 4 aromatic rings. The summed E-state index contributed by atoms with van der Waals surface area (Å²) in [5.41, 5.74) is 4.18. The molecule has 0 aliphatic carbocycles. The molecule has 0 unspecified atom stereocenters. The number of hydrogen-bond acceptors (Lipinski definition) is 4. The van der Waals surface area contributed by atoms with Gasteiger partial charge in [-0.15, -0.1) is 11.3 Å². The Hall–Kier alpha value is -2.83. The molecule has 0 spiro atoms. The highest BCUT2D eigenvalue weighted by Crippen LogP contribution is 2.26. The van der Waals surface area contributed by atoms with E-state index in [4.69, 9.17) is 21.3 Å². The van der Waals surface area contributed by atoms with Crippen LogP contribution in [0.3, 0.4) is 0 Å². The second-order valence-electron chi connectivity index (χ2n) is 8.08. The molecule has 0 fully saturated rings. The molecular formula is C26H28ClN3O2S. The number of fused-ring (bicyclic) bond motifs is 1. The Balaban J connectivity index is 1.33. The summed E-state index contributed by atoms with van der Waals surface area (Å²) in [6.07, 6.45) is 2.59. The fraction of sp³-hybridized carbons (Fsp3) is 0.308. The Kier molecular flexibility index (Phi) is 7.68. The van der Waals surface area contributed by atoms with Gasteiger partial charge in [-0.1, -0.05) is 29.8 Å². The number of carbonyl (C=O) groups is 1. The van der Waals surface area contributed by atoms with Gasteiger partial charge in [0.1, 0.15) is 11.6 Å². The quantitative estimate of drug-likeness (QED) is 0.274. The van der Waals surface area contributed by atoms with Crippen LogP contribution in [0.15, 0.2) is 53.9 Å². The Labute approximate surface area is 203 Å². The van der Waals surface area contributed by atoms with Gasteiger partial charge >= 0.3 is 0 Å². The number of para-hydroxylation sites is 2. The van der Waals surface area contributed by atoms with Crippen LogP contribution in [0.1, 0.15) is 39.5 Å². The summed E-state index contributed by atoms with van der Waals surface area (Å²) in [7, 11) is 0. The number of imidazole rings is 1. The predicted molar refractivity (Wildman–Crippen MR) is 136 cm³/mol. The van der Waals surface area contributed by atoms with Crippen LogP contribution >= 0.6 is 22.9 Å². The highest BCUT2D eigenvalue weighted by Gasteiger charge is 2.12. The maximum atomic E-state index is 12.2. The Morgan fingerprint density at radius 3 is 2.67 bits per heavy atom. The van der Waals surface area contributed by atoms with Crippen LogP contribution in [0.25, 0.3) is 11.0 Å². The largest absolute Gasteiger partial charge is 0.494 e. The third-order valence-electron chi connectivity index (χ3n) is 5.57. The minimum Gasteiger partial charge on any atom is -0.494 e. The highest BCUT2D eigenvalue weighted by molar-refractivity contribution is 7.12. The number of aromatic nitrogens is 2. The molecule has 0 saturated carbocycles. The van der Waals surface area contributed by atoms with Gasteiger partial charge in [-0.2, -0.15) is 0 Å². The summed E-state index contributed by atoms with van der Waals surface area (Å²) in [6, 6.07) is 15.9. The topological polar surface area (TPSA) is 56.1 Å². The first-order valence-electron chi connectivity index (χ1n) is 11.2. The lowest BCUT2D eigenvalue weighted by Gasteiger charge is -2.12. The second kappa shape index (κ2) is 10.9. The van der Waals surface area contributed by atoms with Crippen molar-refractivity contribution in [3.05, 3.63) is 80.8 Å². The van der Waals surface area contributed by atoms with Crippen molar-refractivity contribution < 1.29 is 9.53 Å². The van der Waals surface area contributed by atoms with Gasteiger partial charge in [0, 0.05) is 24.5 Å². The molecule has 1 amide bonds. The van der Waals surface area contributed by atoms with E-state index in [0.717, 1.165) is 63.0 Å². The average Bonchev–Trinajstić information content (AvgIpc) is 3.46. The van der Waals surface area contributed by atoms with E-state index in [1.165, 1.54) is 11.3 Å². The number of rotatable bonds is 10. The standard InChI is InChI=1S/C26H28ClN3O2S/c1-18-16-20(17-19(2)25(18)27)32-14-6-5-13-30-22-9-4-3-8-21(22)29-24(30)11-12-28-26(31)23-10-7-15-33-23/h3-4,7-10,15-17H,5-6,11-14H2,1-2H3,(H,28,31). The van der Waals surface area contributed by atoms with Crippen molar-refractivity contribution in [3.63, 3.8) is 0 Å². The van der Waals surface area contributed by atoms with E-state index >= 15 is 0 Å². The molecule has 0 bridgehead atoms. The number of aryl methyl sites for hydroxylation is 3. The van der Waals surface area contributed by atoms with Gasteiger partial charge in [-0.05, 0) is 73.5 Å². The fourth-order valence-electron chi connectivity index (χ4n) is 3.90. The summed E-state index contributed by atoms with van der Waals surface area (Å²) < 4.78 is 8.22. The first-order chi connectivity index (χ1) is 16.0. The number of unbranched alkanes of at least 4 members (excludes halogenated alkanes) is 1. The molecule has 7 heteroatoms. The summed E-state index contributed by atoms with van der Waals surface area (Å²) >= 11 is 7.69. The normalized spacial score (nSPS) is 11.1. The van der Waals surface area contributed by atoms with Crippen LogP contribution in [-0.4, -0.2) is 28.6 Å². The number of halogens is 1. The van der Waals surface area contributed by atoms with Crippen molar-refractivity contribution in [2.75, 3.05) is 13.2 Å². The third-order valence-corrected chi connectivity index (χ3v) is 7.03. The molecule has 4 rings (SSSR count). The molecule has 0 aliphatic rings. The second-order valence-corrected chi connectivity index (χ2v) is 9.40. The maximum absolute atomic E-state index is 12.2. The molecule has 0 saturated heterocycles. The van der Waals surface area contributed by atoms with E-state index in [9.17, 15) is 4.79 Å². The zero-order chi connectivity index (χ0) is 23.2. The zero-order valence-electron chi connectivity index (χ0n) is 18.9. The van der Waals surface area contributed by atoms with Gasteiger partial charge in [0.25, 0.3) is 5.91 Å². The first kappa shape index (κ1) is 23.3. The van der Waals surface area contributed by atoms with Crippen LogP contribution in [0.2, 0.25) is 5.02 Å².